The van der Waals surface area contributed by atoms with Gasteiger partial charge in [-0.15, -0.1) is 11.3 Å². The fourth-order valence-corrected chi connectivity index (χ4v) is 5.88. The summed E-state index contributed by atoms with van der Waals surface area (Å²) < 4.78 is 27.4. The number of rotatable bonds is 5. The number of piperidine rings is 1. The SMILES string of the molecule is Cc1cc(S(=O)(=O)N2CCC(N(C)CC(=O)O)CC2)sc1Cl. The molecule has 0 radical (unpaired) electrons. The van der Waals surface area contributed by atoms with Gasteiger partial charge < -0.3 is 5.11 Å². The minimum atomic E-state index is -3.50. The van der Waals surface area contributed by atoms with Crippen LogP contribution in [-0.4, -0.2) is 61.4 Å². The summed E-state index contributed by atoms with van der Waals surface area (Å²) in [6, 6.07) is 1.70. The van der Waals surface area contributed by atoms with E-state index < -0.39 is 16.0 Å². The van der Waals surface area contributed by atoms with E-state index >= 15 is 0 Å². The molecule has 0 amide bonds. The summed E-state index contributed by atoms with van der Waals surface area (Å²) in [6.45, 7) is 2.54. The smallest absolute Gasteiger partial charge is 0.317 e. The summed E-state index contributed by atoms with van der Waals surface area (Å²) in [7, 11) is -1.75. The fourth-order valence-electron chi connectivity index (χ4n) is 2.55. The predicted octanol–water partition coefficient (Wildman–Crippen LogP) is 1.88. The molecule has 0 unspecified atom stereocenters. The van der Waals surface area contributed by atoms with E-state index in [1.807, 2.05) is 0 Å². The van der Waals surface area contributed by atoms with Gasteiger partial charge in [-0.1, -0.05) is 11.6 Å². The van der Waals surface area contributed by atoms with Gasteiger partial charge in [-0.3, -0.25) is 9.69 Å². The van der Waals surface area contributed by atoms with Gasteiger partial charge in [-0.05, 0) is 38.4 Å². The van der Waals surface area contributed by atoms with E-state index in [-0.39, 0.29) is 16.8 Å². The minimum Gasteiger partial charge on any atom is -0.480 e. The molecule has 2 rings (SSSR count). The van der Waals surface area contributed by atoms with Crippen molar-refractivity contribution in [2.45, 2.75) is 30.0 Å². The molecular weight excluding hydrogens is 348 g/mol. The Balaban J connectivity index is 2.03. The van der Waals surface area contributed by atoms with Crippen LogP contribution in [0.2, 0.25) is 4.34 Å². The van der Waals surface area contributed by atoms with Crippen LogP contribution in [0.5, 0.6) is 0 Å². The lowest BCUT2D eigenvalue weighted by atomic mass is 10.1. The van der Waals surface area contributed by atoms with Crippen molar-refractivity contribution in [2.24, 2.45) is 0 Å². The van der Waals surface area contributed by atoms with E-state index in [4.69, 9.17) is 16.7 Å². The third-order valence-electron chi connectivity index (χ3n) is 3.86. The standard InChI is InChI=1S/C13H19ClN2O4S2/c1-9-7-12(21-13(9)14)22(19,20)16-5-3-10(4-6-16)15(2)8-11(17)18/h7,10H,3-6,8H2,1-2H3,(H,17,18). The van der Waals surface area contributed by atoms with Crippen LogP contribution in [0.3, 0.4) is 0 Å². The summed E-state index contributed by atoms with van der Waals surface area (Å²) in [6.07, 6.45) is 1.25. The van der Waals surface area contributed by atoms with Crippen molar-refractivity contribution in [1.82, 2.24) is 9.21 Å². The molecule has 1 aliphatic rings. The average Bonchev–Trinajstić information content (AvgIpc) is 2.79. The molecule has 22 heavy (non-hydrogen) atoms. The number of hydrogen-bond acceptors (Lipinski definition) is 5. The maximum absolute atomic E-state index is 12.6. The summed E-state index contributed by atoms with van der Waals surface area (Å²) in [5.41, 5.74) is 0.765. The molecule has 124 valence electrons. The number of carbonyl (C=O) groups is 1. The van der Waals surface area contributed by atoms with E-state index in [9.17, 15) is 13.2 Å². The summed E-state index contributed by atoms with van der Waals surface area (Å²) in [5.74, 6) is -0.874. The molecule has 0 atom stereocenters. The second kappa shape index (κ2) is 6.84. The van der Waals surface area contributed by atoms with Crippen LogP contribution >= 0.6 is 22.9 Å². The number of nitrogens with zero attached hydrogens (tertiary/aromatic N) is 2. The highest BCUT2D eigenvalue weighted by atomic mass is 35.5. The Bertz CT molecular complexity index is 631. The Labute approximate surface area is 139 Å². The van der Waals surface area contributed by atoms with Gasteiger partial charge in [0.1, 0.15) is 4.21 Å². The van der Waals surface area contributed by atoms with Gasteiger partial charge in [0.15, 0.2) is 0 Å². The number of likely N-dealkylation sites (N-methyl/N-ethyl adjacent to an activating group) is 1. The molecule has 0 saturated carbocycles. The predicted molar refractivity (Wildman–Crippen MR) is 86.1 cm³/mol. The van der Waals surface area contributed by atoms with Crippen LogP contribution < -0.4 is 0 Å². The Morgan fingerprint density at radius 1 is 1.50 bits per heavy atom. The zero-order valence-corrected chi connectivity index (χ0v) is 14.8. The van der Waals surface area contributed by atoms with E-state index in [2.05, 4.69) is 0 Å². The lowest BCUT2D eigenvalue weighted by Gasteiger charge is -2.35. The molecule has 0 aromatic carbocycles. The van der Waals surface area contributed by atoms with Gasteiger partial charge in [0.2, 0.25) is 0 Å². The van der Waals surface area contributed by atoms with Gasteiger partial charge >= 0.3 is 5.97 Å². The number of carboxylic acid groups (broad SMARTS) is 1. The molecule has 1 saturated heterocycles. The van der Waals surface area contributed by atoms with E-state index in [1.165, 1.54) is 4.31 Å². The molecule has 6 nitrogen and oxygen atoms in total. The zero-order valence-electron chi connectivity index (χ0n) is 12.5. The third-order valence-corrected chi connectivity index (χ3v) is 7.76. The molecule has 0 bridgehead atoms. The first kappa shape index (κ1) is 17.7. The van der Waals surface area contributed by atoms with Gasteiger partial charge in [-0.2, -0.15) is 4.31 Å². The van der Waals surface area contributed by atoms with Crippen LogP contribution in [0.25, 0.3) is 0 Å². The van der Waals surface area contributed by atoms with Crippen LogP contribution in [-0.2, 0) is 14.8 Å². The normalized spacial score (nSPS) is 18.0. The molecule has 0 aliphatic carbocycles. The first-order chi connectivity index (χ1) is 10.2. The monoisotopic (exact) mass is 366 g/mol. The molecule has 1 aromatic rings. The minimum absolute atomic E-state index is 0.0306. The molecular formula is C13H19ClN2O4S2. The Hall–Kier alpha value is -0.670. The largest absolute Gasteiger partial charge is 0.480 e. The summed E-state index contributed by atoms with van der Waals surface area (Å²) in [4.78, 5) is 12.5. The fraction of sp³-hybridized carbons (Fsp3) is 0.615. The maximum atomic E-state index is 12.6. The third kappa shape index (κ3) is 3.80. The van der Waals surface area contributed by atoms with Crippen LogP contribution in [0.4, 0.5) is 0 Å². The highest BCUT2D eigenvalue weighted by molar-refractivity contribution is 7.91. The van der Waals surface area contributed by atoms with Crippen molar-refractivity contribution in [1.29, 1.82) is 0 Å². The second-order valence-electron chi connectivity index (χ2n) is 5.47. The number of carboxylic acids is 1. The molecule has 9 heteroatoms. The molecule has 1 aliphatic heterocycles. The van der Waals surface area contributed by atoms with Crippen molar-refractivity contribution >= 4 is 38.9 Å². The first-order valence-electron chi connectivity index (χ1n) is 6.90. The van der Waals surface area contributed by atoms with Gasteiger partial charge in [0, 0.05) is 19.1 Å². The van der Waals surface area contributed by atoms with Crippen molar-refractivity contribution in [3.05, 3.63) is 16.0 Å². The average molecular weight is 367 g/mol. The lowest BCUT2D eigenvalue weighted by Crippen LogP contribution is -2.46. The lowest BCUT2D eigenvalue weighted by molar-refractivity contribution is -0.138. The summed E-state index contributed by atoms with van der Waals surface area (Å²) >= 11 is 7.04. The number of aliphatic carboxylic acids is 1. The van der Waals surface area contributed by atoms with Crippen LogP contribution in [0.1, 0.15) is 18.4 Å². The molecule has 1 fully saturated rings. The quantitative estimate of drug-likeness (QED) is 0.860. The molecule has 2 heterocycles. The maximum Gasteiger partial charge on any atom is 0.317 e. The van der Waals surface area contributed by atoms with E-state index in [0.717, 1.165) is 16.9 Å². The molecule has 1 aromatic heterocycles. The Kier molecular flexibility index (Phi) is 5.50. The number of thiophene rings is 1. The van der Waals surface area contributed by atoms with Gasteiger partial charge in [0.25, 0.3) is 10.0 Å². The highest BCUT2D eigenvalue weighted by Crippen LogP contribution is 2.33. The molecule has 0 spiro atoms. The zero-order chi connectivity index (χ0) is 16.5. The van der Waals surface area contributed by atoms with Crippen LogP contribution in [0.15, 0.2) is 10.3 Å². The van der Waals surface area contributed by atoms with Crippen molar-refractivity contribution in [3.63, 3.8) is 0 Å². The first-order valence-corrected chi connectivity index (χ1v) is 9.53. The van der Waals surface area contributed by atoms with Crippen molar-refractivity contribution in [3.8, 4) is 0 Å². The Morgan fingerprint density at radius 3 is 2.55 bits per heavy atom. The number of hydrogen-bond donors (Lipinski definition) is 1. The summed E-state index contributed by atoms with van der Waals surface area (Å²) in [5, 5.41) is 8.81. The topological polar surface area (TPSA) is 77.9 Å². The number of sulfonamides is 1. The van der Waals surface area contributed by atoms with Crippen molar-refractivity contribution < 1.29 is 18.3 Å². The van der Waals surface area contributed by atoms with Gasteiger partial charge in [0.05, 0.1) is 10.9 Å². The highest BCUT2D eigenvalue weighted by Gasteiger charge is 2.32. The van der Waals surface area contributed by atoms with Crippen LogP contribution in [0, 0.1) is 6.92 Å². The van der Waals surface area contributed by atoms with Gasteiger partial charge in [-0.25, -0.2) is 8.42 Å². The number of halogens is 1. The second-order valence-corrected chi connectivity index (χ2v) is 9.29. The Morgan fingerprint density at radius 2 is 2.09 bits per heavy atom. The van der Waals surface area contributed by atoms with E-state index in [0.29, 0.717) is 30.3 Å². The van der Waals surface area contributed by atoms with E-state index in [1.54, 1.807) is 24.9 Å². The van der Waals surface area contributed by atoms with Crippen molar-refractivity contribution in [2.75, 3.05) is 26.7 Å². The number of aryl methyl sites for hydroxylation is 1. The molecule has 1 N–H and O–H groups in total.